The first-order chi connectivity index (χ1) is 12.1. The number of guanidine groups is 1. The Morgan fingerprint density at radius 1 is 1.23 bits per heavy atom. The van der Waals surface area contributed by atoms with Crippen LogP contribution in [0.4, 0.5) is 0 Å². The molecule has 0 amide bonds. The van der Waals surface area contributed by atoms with Crippen molar-refractivity contribution in [3.63, 3.8) is 0 Å². The molecule has 0 aliphatic carbocycles. The van der Waals surface area contributed by atoms with Crippen LogP contribution in [0.3, 0.4) is 0 Å². The zero-order chi connectivity index (χ0) is 19.8. The van der Waals surface area contributed by atoms with Crippen LogP contribution >= 0.6 is 0 Å². The van der Waals surface area contributed by atoms with Crippen molar-refractivity contribution < 1.29 is 13.2 Å². The summed E-state index contributed by atoms with van der Waals surface area (Å²) >= 11 is 0. The first-order valence-electron chi connectivity index (χ1n) is 8.76. The van der Waals surface area contributed by atoms with Crippen LogP contribution in [-0.2, 0) is 16.6 Å². The van der Waals surface area contributed by atoms with Crippen molar-refractivity contribution >= 4 is 16.0 Å². The van der Waals surface area contributed by atoms with E-state index in [2.05, 4.69) is 15.0 Å². The Bertz CT molecular complexity index is 685. The lowest BCUT2D eigenvalue weighted by molar-refractivity contribution is 0.340. The molecule has 0 bridgehead atoms. The van der Waals surface area contributed by atoms with Gasteiger partial charge in [-0.2, -0.15) is 0 Å². The third-order valence-electron chi connectivity index (χ3n) is 3.44. The Morgan fingerprint density at radius 2 is 1.85 bits per heavy atom. The highest BCUT2D eigenvalue weighted by Crippen LogP contribution is 2.13. The minimum absolute atomic E-state index is 0.329. The first kappa shape index (κ1) is 22.2. The van der Waals surface area contributed by atoms with Gasteiger partial charge in [0.25, 0.3) is 0 Å². The Balaban J connectivity index is 2.80. The van der Waals surface area contributed by atoms with Crippen LogP contribution in [0, 0.1) is 0 Å². The van der Waals surface area contributed by atoms with E-state index in [9.17, 15) is 8.42 Å². The van der Waals surface area contributed by atoms with E-state index in [1.807, 2.05) is 63.9 Å². The highest BCUT2D eigenvalue weighted by Gasteiger charge is 2.22. The maximum absolute atomic E-state index is 11.5. The fourth-order valence-electron chi connectivity index (χ4n) is 2.48. The van der Waals surface area contributed by atoms with Crippen LogP contribution in [0.2, 0.25) is 0 Å². The molecule has 0 saturated carbocycles. The summed E-state index contributed by atoms with van der Waals surface area (Å²) in [7, 11) is -1.33. The predicted molar refractivity (Wildman–Crippen MR) is 107 cm³/mol. The molecule has 0 aliphatic rings. The summed E-state index contributed by atoms with van der Waals surface area (Å²) < 4.78 is 31.0. The van der Waals surface area contributed by atoms with E-state index in [0.717, 1.165) is 30.1 Å². The number of hydrogen-bond donors (Lipinski definition) is 2. The summed E-state index contributed by atoms with van der Waals surface area (Å²) in [5.74, 6) is 1.58. The maximum atomic E-state index is 11.5. The number of sulfonamides is 1. The summed E-state index contributed by atoms with van der Waals surface area (Å²) in [4.78, 5) is 6.60. The minimum Gasteiger partial charge on any atom is -0.494 e. The summed E-state index contributed by atoms with van der Waals surface area (Å²) in [5.41, 5.74) is 0.476. The van der Waals surface area contributed by atoms with Gasteiger partial charge >= 0.3 is 0 Å². The molecular weight excluding hydrogens is 352 g/mol. The average Bonchev–Trinajstić information content (AvgIpc) is 2.51. The highest BCUT2D eigenvalue weighted by atomic mass is 32.2. The summed E-state index contributed by atoms with van der Waals surface area (Å²) in [6.07, 6.45) is 1.15. The Kier molecular flexibility index (Phi) is 8.36. The van der Waals surface area contributed by atoms with Crippen LogP contribution in [0.25, 0.3) is 0 Å². The number of ether oxygens (including phenoxy) is 1. The molecule has 1 aromatic carbocycles. The summed E-state index contributed by atoms with van der Waals surface area (Å²) in [5, 5.41) is 3.24. The number of hydrogen-bond acceptors (Lipinski definition) is 4. The highest BCUT2D eigenvalue weighted by molar-refractivity contribution is 7.88. The van der Waals surface area contributed by atoms with Crippen molar-refractivity contribution in [1.29, 1.82) is 0 Å². The zero-order valence-corrected chi connectivity index (χ0v) is 17.5. The number of rotatable bonds is 9. The van der Waals surface area contributed by atoms with Gasteiger partial charge in [0.05, 0.1) is 19.4 Å². The number of benzene rings is 1. The molecule has 0 aromatic heterocycles. The van der Waals surface area contributed by atoms with Crippen molar-refractivity contribution in [2.24, 2.45) is 4.99 Å². The van der Waals surface area contributed by atoms with Crippen LogP contribution in [-0.4, -0.2) is 57.8 Å². The second-order valence-electron chi connectivity index (χ2n) is 6.86. The Labute approximate surface area is 157 Å². The molecule has 0 aliphatic heterocycles. The van der Waals surface area contributed by atoms with Gasteiger partial charge in [-0.05, 0) is 45.4 Å². The van der Waals surface area contributed by atoms with E-state index < -0.39 is 15.6 Å². The molecule has 0 heterocycles. The van der Waals surface area contributed by atoms with E-state index in [1.54, 1.807) is 0 Å². The molecule has 0 saturated heterocycles. The molecule has 1 rings (SSSR count). The fourth-order valence-corrected chi connectivity index (χ4v) is 3.55. The lowest BCUT2D eigenvalue weighted by Crippen LogP contribution is -2.46. The molecule has 1 aromatic rings. The SMILES string of the molecule is CCNC(=NCC(C)(C)NS(C)(=O)=O)N(C)Cc1ccc(OCC)cc1. The number of nitrogens with zero attached hydrogens (tertiary/aromatic N) is 2. The molecule has 26 heavy (non-hydrogen) atoms. The molecule has 0 atom stereocenters. The van der Waals surface area contributed by atoms with Crippen LogP contribution < -0.4 is 14.8 Å². The van der Waals surface area contributed by atoms with Crippen molar-refractivity contribution in [2.75, 3.05) is 33.0 Å². The van der Waals surface area contributed by atoms with Gasteiger partial charge in [-0.15, -0.1) is 0 Å². The van der Waals surface area contributed by atoms with E-state index in [1.165, 1.54) is 0 Å². The molecule has 7 nitrogen and oxygen atoms in total. The van der Waals surface area contributed by atoms with Crippen LogP contribution in [0.5, 0.6) is 5.75 Å². The predicted octanol–water partition coefficient (Wildman–Crippen LogP) is 1.81. The molecule has 8 heteroatoms. The first-order valence-corrected chi connectivity index (χ1v) is 10.7. The van der Waals surface area contributed by atoms with Crippen molar-refractivity contribution in [3.8, 4) is 5.75 Å². The molecule has 0 unspecified atom stereocenters. The lowest BCUT2D eigenvalue weighted by atomic mass is 10.1. The molecule has 2 N–H and O–H groups in total. The number of aliphatic imine (C=N–C) groups is 1. The van der Waals surface area contributed by atoms with E-state index in [-0.39, 0.29) is 0 Å². The van der Waals surface area contributed by atoms with E-state index >= 15 is 0 Å². The molecule has 148 valence electrons. The second-order valence-corrected chi connectivity index (χ2v) is 8.61. The Morgan fingerprint density at radius 3 is 2.35 bits per heavy atom. The minimum atomic E-state index is -3.28. The molecule has 0 spiro atoms. The quantitative estimate of drug-likeness (QED) is 0.501. The lowest BCUT2D eigenvalue weighted by Gasteiger charge is -2.26. The normalized spacial score (nSPS) is 12.8. The standard InChI is InChI=1S/C18H32N4O3S/c1-7-19-17(20-14-18(3,4)21-26(6,23)24)22(5)13-15-9-11-16(12-10-15)25-8-2/h9-12,21H,7-8,13-14H2,1-6H3,(H,19,20). The largest absolute Gasteiger partial charge is 0.494 e. The van der Waals surface area contributed by atoms with Crippen molar-refractivity contribution in [3.05, 3.63) is 29.8 Å². The third-order valence-corrected chi connectivity index (χ3v) is 4.36. The van der Waals surface area contributed by atoms with Gasteiger partial charge in [0.1, 0.15) is 5.75 Å². The molecule has 0 radical (unpaired) electrons. The summed E-state index contributed by atoms with van der Waals surface area (Å²) in [6.45, 7) is 9.97. The maximum Gasteiger partial charge on any atom is 0.209 e. The van der Waals surface area contributed by atoms with E-state index in [0.29, 0.717) is 19.7 Å². The van der Waals surface area contributed by atoms with E-state index in [4.69, 9.17) is 4.74 Å². The molecular formula is C18H32N4O3S. The topological polar surface area (TPSA) is 83.0 Å². The fraction of sp³-hybridized carbons (Fsp3) is 0.611. The monoisotopic (exact) mass is 384 g/mol. The van der Waals surface area contributed by atoms with Gasteiger partial charge < -0.3 is 15.0 Å². The van der Waals surface area contributed by atoms with Gasteiger partial charge in [0.2, 0.25) is 10.0 Å². The van der Waals surface area contributed by atoms with Gasteiger partial charge in [-0.25, -0.2) is 13.1 Å². The van der Waals surface area contributed by atoms with Crippen LogP contribution in [0.15, 0.2) is 29.3 Å². The zero-order valence-electron chi connectivity index (χ0n) is 16.7. The summed E-state index contributed by atoms with van der Waals surface area (Å²) in [6, 6.07) is 7.96. The average molecular weight is 385 g/mol. The van der Waals surface area contributed by atoms with Crippen LogP contribution in [0.1, 0.15) is 33.3 Å². The smallest absolute Gasteiger partial charge is 0.209 e. The third kappa shape index (κ3) is 8.53. The Hall–Kier alpha value is -1.80. The molecule has 0 fully saturated rings. The number of nitrogens with one attached hydrogen (secondary N) is 2. The second kappa shape index (κ2) is 9.78. The van der Waals surface area contributed by atoms with Gasteiger partial charge in [-0.1, -0.05) is 12.1 Å². The van der Waals surface area contributed by atoms with Crippen molar-refractivity contribution in [2.45, 2.75) is 39.8 Å². The van der Waals surface area contributed by atoms with Gasteiger partial charge in [-0.3, -0.25) is 4.99 Å². The van der Waals surface area contributed by atoms with Gasteiger partial charge in [0.15, 0.2) is 5.96 Å². The van der Waals surface area contributed by atoms with Gasteiger partial charge in [0, 0.05) is 25.7 Å². The van der Waals surface area contributed by atoms with Crippen molar-refractivity contribution in [1.82, 2.24) is 14.9 Å².